The van der Waals surface area contributed by atoms with Crippen LogP contribution in [0.3, 0.4) is 0 Å². The van der Waals surface area contributed by atoms with Crippen LogP contribution in [0.5, 0.6) is 5.75 Å². The van der Waals surface area contributed by atoms with Gasteiger partial charge >= 0.3 is 0 Å². The molecule has 1 unspecified atom stereocenters. The summed E-state index contributed by atoms with van der Waals surface area (Å²) < 4.78 is 0. The van der Waals surface area contributed by atoms with Gasteiger partial charge in [-0.1, -0.05) is 67.0 Å². The molecule has 0 radical (unpaired) electrons. The van der Waals surface area contributed by atoms with E-state index in [0.29, 0.717) is 5.75 Å². The normalized spacial score (nSPS) is 14.3. The molecule has 0 aliphatic heterocycles. The number of phenolic OH excluding ortho intramolecular Hbond substituents is 1. The average molecular weight is 291 g/mol. The molecule has 0 aromatic heterocycles. The first-order valence-electron chi connectivity index (χ1n) is 8.09. The second kappa shape index (κ2) is 6.39. The molecule has 2 nitrogen and oxygen atoms in total. The summed E-state index contributed by atoms with van der Waals surface area (Å²) in [7, 11) is 0. The SMILES string of the molecule is CCCC(N)Cc1cc(C(C)(C)C)c(O)c(C(C)(C)C)c1. The van der Waals surface area contributed by atoms with Crippen LogP contribution in [0.25, 0.3) is 0 Å². The Kier molecular flexibility index (Phi) is 5.49. The average Bonchev–Trinajstić information content (AvgIpc) is 2.28. The predicted octanol–water partition coefficient (Wildman–Crippen LogP) is 4.66. The van der Waals surface area contributed by atoms with Crippen LogP contribution >= 0.6 is 0 Å². The van der Waals surface area contributed by atoms with Crippen molar-refractivity contribution in [3.8, 4) is 5.75 Å². The van der Waals surface area contributed by atoms with E-state index in [1.54, 1.807) is 0 Å². The molecule has 1 atom stereocenters. The Balaban J connectivity index is 3.34. The number of phenols is 1. The smallest absolute Gasteiger partial charge is 0.123 e. The maximum Gasteiger partial charge on any atom is 0.123 e. The highest BCUT2D eigenvalue weighted by Crippen LogP contribution is 2.39. The quantitative estimate of drug-likeness (QED) is 0.847. The highest BCUT2D eigenvalue weighted by Gasteiger charge is 2.26. The molecule has 0 saturated heterocycles. The lowest BCUT2D eigenvalue weighted by Crippen LogP contribution is -2.24. The molecule has 0 fully saturated rings. The van der Waals surface area contributed by atoms with E-state index in [4.69, 9.17) is 5.73 Å². The highest BCUT2D eigenvalue weighted by molar-refractivity contribution is 5.50. The summed E-state index contributed by atoms with van der Waals surface area (Å²) in [6, 6.07) is 4.47. The molecule has 1 aromatic carbocycles. The van der Waals surface area contributed by atoms with E-state index < -0.39 is 0 Å². The Hall–Kier alpha value is -1.02. The van der Waals surface area contributed by atoms with Gasteiger partial charge in [0.25, 0.3) is 0 Å². The van der Waals surface area contributed by atoms with E-state index in [1.807, 2.05) is 0 Å². The molecule has 120 valence electrons. The van der Waals surface area contributed by atoms with Crippen molar-refractivity contribution in [3.63, 3.8) is 0 Å². The minimum Gasteiger partial charge on any atom is -0.507 e. The van der Waals surface area contributed by atoms with Gasteiger partial charge in [-0.25, -0.2) is 0 Å². The highest BCUT2D eigenvalue weighted by atomic mass is 16.3. The van der Waals surface area contributed by atoms with Crippen LogP contribution in [0.2, 0.25) is 0 Å². The van der Waals surface area contributed by atoms with Crippen molar-refractivity contribution < 1.29 is 5.11 Å². The largest absolute Gasteiger partial charge is 0.507 e. The molecule has 0 bridgehead atoms. The first kappa shape index (κ1) is 18.0. The summed E-state index contributed by atoms with van der Waals surface area (Å²) in [6.07, 6.45) is 3.02. The monoisotopic (exact) mass is 291 g/mol. The number of hydrogen-bond donors (Lipinski definition) is 2. The molecular weight excluding hydrogens is 258 g/mol. The van der Waals surface area contributed by atoms with E-state index in [1.165, 1.54) is 5.56 Å². The first-order chi connectivity index (χ1) is 9.46. The number of hydrogen-bond acceptors (Lipinski definition) is 2. The van der Waals surface area contributed by atoms with Gasteiger partial charge in [0.1, 0.15) is 5.75 Å². The van der Waals surface area contributed by atoms with Gasteiger partial charge in [-0.15, -0.1) is 0 Å². The number of nitrogens with two attached hydrogens (primary N) is 1. The van der Waals surface area contributed by atoms with E-state index >= 15 is 0 Å². The van der Waals surface area contributed by atoms with Gasteiger partial charge < -0.3 is 10.8 Å². The van der Waals surface area contributed by atoms with E-state index in [9.17, 15) is 5.11 Å². The number of aromatic hydroxyl groups is 1. The molecule has 1 rings (SSSR count). The molecule has 1 aromatic rings. The molecule has 3 N–H and O–H groups in total. The lowest BCUT2D eigenvalue weighted by Gasteiger charge is -2.28. The topological polar surface area (TPSA) is 46.2 Å². The minimum atomic E-state index is -0.0745. The Labute approximate surface area is 130 Å². The zero-order valence-electron chi connectivity index (χ0n) is 14.9. The summed E-state index contributed by atoms with van der Waals surface area (Å²) in [5.41, 5.74) is 9.34. The Morgan fingerprint density at radius 3 is 1.76 bits per heavy atom. The zero-order valence-corrected chi connectivity index (χ0v) is 14.9. The molecule has 21 heavy (non-hydrogen) atoms. The van der Waals surface area contributed by atoms with Crippen LogP contribution in [0, 0.1) is 0 Å². The molecular formula is C19H33NO. The summed E-state index contributed by atoms with van der Waals surface area (Å²) in [5.74, 6) is 0.447. The molecule has 0 aliphatic carbocycles. The van der Waals surface area contributed by atoms with Crippen LogP contribution < -0.4 is 5.73 Å². The number of benzene rings is 1. The van der Waals surface area contributed by atoms with Crippen molar-refractivity contribution in [3.05, 3.63) is 28.8 Å². The first-order valence-corrected chi connectivity index (χ1v) is 8.09. The predicted molar refractivity (Wildman–Crippen MR) is 92.1 cm³/mol. The zero-order chi connectivity index (χ0) is 16.4. The lowest BCUT2D eigenvalue weighted by atomic mass is 9.78. The molecule has 0 heterocycles. The van der Waals surface area contributed by atoms with E-state index in [2.05, 4.69) is 60.6 Å². The van der Waals surface area contributed by atoms with Crippen LogP contribution in [-0.4, -0.2) is 11.1 Å². The minimum absolute atomic E-state index is 0.0745. The van der Waals surface area contributed by atoms with Gasteiger partial charge in [-0.2, -0.15) is 0 Å². The Morgan fingerprint density at radius 2 is 1.43 bits per heavy atom. The third kappa shape index (κ3) is 4.74. The van der Waals surface area contributed by atoms with Gasteiger partial charge in [0.05, 0.1) is 0 Å². The van der Waals surface area contributed by atoms with Gasteiger partial charge in [-0.05, 0) is 40.4 Å². The molecule has 2 heteroatoms. The summed E-state index contributed by atoms with van der Waals surface area (Å²) in [4.78, 5) is 0. The second-order valence-corrected chi connectivity index (χ2v) is 8.29. The Bertz CT molecular complexity index is 442. The Morgan fingerprint density at radius 1 is 1.00 bits per heavy atom. The summed E-state index contributed by atoms with van der Waals surface area (Å²) in [6.45, 7) is 15.0. The van der Waals surface area contributed by atoms with Gasteiger partial charge in [0, 0.05) is 6.04 Å². The van der Waals surface area contributed by atoms with E-state index in [0.717, 1.165) is 30.4 Å². The standard InChI is InChI=1S/C19H33NO/c1-8-9-14(20)10-13-11-15(18(2,3)4)17(21)16(12-13)19(5,6)7/h11-12,14,21H,8-10,20H2,1-7H3. The van der Waals surface area contributed by atoms with Gasteiger partial charge in [-0.3, -0.25) is 0 Å². The summed E-state index contributed by atoms with van der Waals surface area (Å²) in [5, 5.41) is 10.7. The van der Waals surface area contributed by atoms with Crippen molar-refractivity contribution in [2.75, 3.05) is 0 Å². The van der Waals surface area contributed by atoms with E-state index in [-0.39, 0.29) is 16.9 Å². The van der Waals surface area contributed by atoms with Crippen LogP contribution in [0.4, 0.5) is 0 Å². The van der Waals surface area contributed by atoms with Gasteiger partial charge in [0.2, 0.25) is 0 Å². The maximum atomic E-state index is 10.7. The molecule has 0 amide bonds. The fraction of sp³-hybridized carbons (Fsp3) is 0.684. The molecule has 0 aliphatic rings. The molecule has 0 saturated carbocycles. The van der Waals surface area contributed by atoms with Crippen LogP contribution in [-0.2, 0) is 17.3 Å². The summed E-state index contributed by atoms with van der Waals surface area (Å²) >= 11 is 0. The van der Waals surface area contributed by atoms with Crippen molar-refractivity contribution in [1.29, 1.82) is 0 Å². The fourth-order valence-electron chi connectivity index (χ4n) is 2.73. The van der Waals surface area contributed by atoms with Crippen LogP contribution in [0.15, 0.2) is 12.1 Å². The maximum absolute atomic E-state index is 10.7. The van der Waals surface area contributed by atoms with Crippen molar-refractivity contribution >= 4 is 0 Å². The van der Waals surface area contributed by atoms with Crippen molar-refractivity contribution in [2.45, 2.75) is 84.6 Å². The second-order valence-electron chi connectivity index (χ2n) is 8.29. The van der Waals surface area contributed by atoms with Gasteiger partial charge in [0.15, 0.2) is 0 Å². The lowest BCUT2D eigenvalue weighted by molar-refractivity contribution is 0.422. The fourth-order valence-corrected chi connectivity index (χ4v) is 2.73. The van der Waals surface area contributed by atoms with Crippen LogP contribution in [0.1, 0.15) is 78.0 Å². The third-order valence-electron chi connectivity index (χ3n) is 3.94. The van der Waals surface area contributed by atoms with Crippen molar-refractivity contribution in [1.82, 2.24) is 0 Å². The third-order valence-corrected chi connectivity index (χ3v) is 3.94. The number of rotatable bonds is 4. The molecule has 0 spiro atoms. The van der Waals surface area contributed by atoms with Crippen molar-refractivity contribution in [2.24, 2.45) is 5.73 Å².